The Hall–Kier alpha value is -1.66. The molecule has 3 N–H and O–H groups in total. The highest BCUT2D eigenvalue weighted by Crippen LogP contribution is 2.35. The van der Waals surface area contributed by atoms with E-state index in [1.165, 1.54) is 11.8 Å². The number of halogens is 1. The van der Waals surface area contributed by atoms with Crippen molar-refractivity contribution in [2.75, 3.05) is 7.11 Å². The molecule has 0 aliphatic heterocycles. The molecule has 104 valence electrons. The van der Waals surface area contributed by atoms with Crippen molar-refractivity contribution in [1.82, 2.24) is 0 Å². The van der Waals surface area contributed by atoms with E-state index in [1.54, 1.807) is 7.11 Å². The van der Waals surface area contributed by atoms with Crippen LogP contribution in [0.2, 0.25) is 0 Å². The third-order valence-electron chi connectivity index (χ3n) is 2.61. The molecule has 0 unspecified atom stereocenters. The fraction of sp³-hybridized carbons (Fsp3) is 0.0714. The van der Waals surface area contributed by atoms with E-state index in [1.807, 2.05) is 42.5 Å². The van der Waals surface area contributed by atoms with Gasteiger partial charge < -0.3 is 15.7 Å². The Bertz CT molecular complexity index is 647. The van der Waals surface area contributed by atoms with Crippen LogP contribution in [0.5, 0.6) is 5.75 Å². The van der Waals surface area contributed by atoms with Crippen LogP contribution < -0.4 is 10.5 Å². The van der Waals surface area contributed by atoms with Crippen molar-refractivity contribution in [3.05, 3.63) is 52.5 Å². The van der Waals surface area contributed by atoms with E-state index in [-0.39, 0.29) is 5.84 Å². The fourth-order valence-corrected chi connectivity index (χ4v) is 3.42. The minimum absolute atomic E-state index is 0.0721. The van der Waals surface area contributed by atoms with Gasteiger partial charge in [-0.1, -0.05) is 29.1 Å². The highest BCUT2D eigenvalue weighted by atomic mass is 79.9. The zero-order chi connectivity index (χ0) is 14.5. The summed E-state index contributed by atoms with van der Waals surface area (Å²) in [6, 6.07) is 13.4. The lowest BCUT2D eigenvalue weighted by Crippen LogP contribution is -2.15. The second kappa shape index (κ2) is 6.67. The van der Waals surface area contributed by atoms with E-state index < -0.39 is 0 Å². The summed E-state index contributed by atoms with van der Waals surface area (Å²) in [7, 11) is 1.63. The first-order valence-electron chi connectivity index (χ1n) is 5.74. The average molecular weight is 353 g/mol. The van der Waals surface area contributed by atoms with E-state index in [2.05, 4.69) is 21.1 Å². The van der Waals surface area contributed by atoms with Crippen LogP contribution in [0.4, 0.5) is 0 Å². The van der Waals surface area contributed by atoms with Gasteiger partial charge in [-0.05, 0) is 46.3 Å². The third kappa shape index (κ3) is 3.26. The Kier molecular flexibility index (Phi) is 4.92. The van der Waals surface area contributed by atoms with Gasteiger partial charge in [-0.25, -0.2) is 0 Å². The largest absolute Gasteiger partial charge is 0.497 e. The molecule has 0 aromatic heterocycles. The monoisotopic (exact) mass is 352 g/mol. The first kappa shape index (κ1) is 14.7. The first-order chi connectivity index (χ1) is 9.65. The molecule has 0 saturated heterocycles. The SMILES string of the molecule is COc1cccc(Sc2cccc(Br)c2/C(N)=N/O)c1. The van der Waals surface area contributed by atoms with Crippen LogP contribution in [0.1, 0.15) is 5.56 Å². The van der Waals surface area contributed by atoms with Gasteiger partial charge in [0.15, 0.2) is 5.84 Å². The lowest BCUT2D eigenvalue weighted by atomic mass is 10.2. The van der Waals surface area contributed by atoms with Gasteiger partial charge in [0, 0.05) is 19.8 Å². The van der Waals surface area contributed by atoms with Gasteiger partial charge in [-0.3, -0.25) is 0 Å². The Labute approximate surface area is 129 Å². The maximum atomic E-state index is 8.90. The summed E-state index contributed by atoms with van der Waals surface area (Å²) >= 11 is 4.94. The van der Waals surface area contributed by atoms with Crippen LogP contribution in [0.25, 0.3) is 0 Å². The highest BCUT2D eigenvalue weighted by molar-refractivity contribution is 9.10. The number of hydrogen-bond donors (Lipinski definition) is 2. The molecule has 0 spiro atoms. The Balaban J connectivity index is 2.40. The van der Waals surface area contributed by atoms with Crippen LogP contribution in [0, 0.1) is 0 Å². The number of hydrogen-bond acceptors (Lipinski definition) is 4. The van der Waals surface area contributed by atoms with Gasteiger partial charge in [0.25, 0.3) is 0 Å². The molecule has 0 radical (unpaired) electrons. The summed E-state index contributed by atoms with van der Waals surface area (Å²) in [5.74, 6) is 0.859. The molecule has 20 heavy (non-hydrogen) atoms. The second-order valence-corrected chi connectivity index (χ2v) is 5.85. The first-order valence-corrected chi connectivity index (χ1v) is 7.35. The molecule has 2 aromatic rings. The predicted octanol–water partition coefficient (Wildman–Crippen LogP) is 3.70. The molecule has 0 amide bonds. The number of oxime groups is 1. The minimum atomic E-state index is 0.0721. The van der Waals surface area contributed by atoms with Crippen LogP contribution in [0.15, 0.2) is 61.9 Å². The normalized spacial score (nSPS) is 11.4. The van der Waals surface area contributed by atoms with E-state index in [9.17, 15) is 0 Å². The molecular formula is C14H13BrN2O2S. The second-order valence-electron chi connectivity index (χ2n) is 3.88. The summed E-state index contributed by atoms with van der Waals surface area (Å²) in [6.45, 7) is 0. The van der Waals surface area contributed by atoms with E-state index >= 15 is 0 Å². The van der Waals surface area contributed by atoms with Gasteiger partial charge in [-0.2, -0.15) is 0 Å². The van der Waals surface area contributed by atoms with Crippen LogP contribution in [0.3, 0.4) is 0 Å². The van der Waals surface area contributed by atoms with E-state index in [4.69, 9.17) is 15.7 Å². The van der Waals surface area contributed by atoms with Crippen molar-refractivity contribution in [2.45, 2.75) is 9.79 Å². The Morgan fingerprint density at radius 3 is 2.75 bits per heavy atom. The maximum Gasteiger partial charge on any atom is 0.172 e. The van der Waals surface area contributed by atoms with Crippen molar-refractivity contribution < 1.29 is 9.94 Å². The minimum Gasteiger partial charge on any atom is -0.497 e. The fourth-order valence-electron chi connectivity index (χ4n) is 1.68. The maximum absolute atomic E-state index is 8.90. The topological polar surface area (TPSA) is 67.8 Å². The molecule has 0 fully saturated rings. The summed E-state index contributed by atoms with van der Waals surface area (Å²) in [6.07, 6.45) is 0. The average Bonchev–Trinajstić information content (AvgIpc) is 2.47. The van der Waals surface area contributed by atoms with Crippen molar-refractivity contribution >= 4 is 33.5 Å². The summed E-state index contributed by atoms with van der Waals surface area (Å²) in [5.41, 5.74) is 6.41. The molecule has 4 nitrogen and oxygen atoms in total. The van der Waals surface area contributed by atoms with Gasteiger partial charge >= 0.3 is 0 Å². The summed E-state index contributed by atoms with van der Waals surface area (Å²) < 4.78 is 5.98. The Morgan fingerprint density at radius 1 is 1.30 bits per heavy atom. The molecule has 0 saturated carbocycles. The van der Waals surface area contributed by atoms with Gasteiger partial charge in [0.2, 0.25) is 0 Å². The van der Waals surface area contributed by atoms with E-state index in [0.717, 1.165) is 20.0 Å². The lowest BCUT2D eigenvalue weighted by Gasteiger charge is -2.10. The molecule has 0 heterocycles. The van der Waals surface area contributed by atoms with Crippen LogP contribution >= 0.6 is 27.7 Å². The molecule has 0 atom stereocenters. The van der Waals surface area contributed by atoms with Gasteiger partial charge in [0.05, 0.1) is 7.11 Å². The highest BCUT2D eigenvalue weighted by Gasteiger charge is 2.12. The smallest absolute Gasteiger partial charge is 0.172 e. The Morgan fingerprint density at radius 2 is 2.05 bits per heavy atom. The molecule has 2 aromatic carbocycles. The third-order valence-corrected chi connectivity index (χ3v) is 4.32. The van der Waals surface area contributed by atoms with Crippen LogP contribution in [-0.4, -0.2) is 18.2 Å². The number of rotatable bonds is 4. The summed E-state index contributed by atoms with van der Waals surface area (Å²) in [4.78, 5) is 1.90. The number of amidine groups is 1. The van der Waals surface area contributed by atoms with Crippen LogP contribution in [-0.2, 0) is 0 Å². The molecule has 0 aliphatic carbocycles. The molecule has 0 bridgehead atoms. The molecule has 0 aliphatic rings. The standard InChI is InChI=1S/C14H13BrN2O2S/c1-19-9-4-2-5-10(8-9)20-12-7-3-6-11(15)13(12)14(16)17-18/h2-8,18H,1H3,(H2,16,17). The van der Waals surface area contributed by atoms with Crippen molar-refractivity contribution in [3.8, 4) is 5.75 Å². The number of nitrogens with zero attached hydrogens (tertiary/aromatic N) is 1. The zero-order valence-corrected chi connectivity index (χ0v) is 13.1. The molecular weight excluding hydrogens is 340 g/mol. The van der Waals surface area contributed by atoms with E-state index in [0.29, 0.717) is 5.56 Å². The van der Waals surface area contributed by atoms with Crippen molar-refractivity contribution in [2.24, 2.45) is 10.9 Å². The number of ether oxygens (including phenoxy) is 1. The van der Waals surface area contributed by atoms with Crippen molar-refractivity contribution in [1.29, 1.82) is 0 Å². The summed E-state index contributed by atoms with van der Waals surface area (Å²) in [5, 5.41) is 12.0. The number of methoxy groups -OCH3 is 1. The number of benzene rings is 2. The van der Waals surface area contributed by atoms with Crippen molar-refractivity contribution in [3.63, 3.8) is 0 Å². The molecule has 2 rings (SSSR count). The number of nitrogens with two attached hydrogens (primary N) is 1. The van der Waals surface area contributed by atoms with Gasteiger partial charge in [0.1, 0.15) is 5.75 Å². The quantitative estimate of drug-likeness (QED) is 0.381. The predicted molar refractivity (Wildman–Crippen MR) is 83.8 cm³/mol. The molecule has 6 heteroatoms. The lowest BCUT2D eigenvalue weighted by molar-refractivity contribution is 0.318. The zero-order valence-electron chi connectivity index (χ0n) is 10.7. The van der Waals surface area contributed by atoms with Gasteiger partial charge in [-0.15, -0.1) is 0 Å².